The largest absolute Gasteiger partial charge is 0.486 e. The van der Waals surface area contributed by atoms with Crippen molar-refractivity contribution >= 4 is 11.8 Å². The normalized spacial score (nSPS) is 13.4. The maximum atomic E-state index is 11.4. The van der Waals surface area contributed by atoms with Crippen molar-refractivity contribution in [1.29, 1.82) is 0 Å². The van der Waals surface area contributed by atoms with Gasteiger partial charge in [0, 0.05) is 11.8 Å². The average molecular weight is 237 g/mol. The Bertz CT molecular complexity index is 417. The van der Waals surface area contributed by atoms with Gasteiger partial charge in [-0.2, -0.15) is 0 Å². The predicted molar refractivity (Wildman–Crippen MR) is 62.7 cm³/mol. The molecule has 1 aliphatic rings. The van der Waals surface area contributed by atoms with Crippen molar-refractivity contribution < 1.29 is 19.0 Å². The minimum Gasteiger partial charge on any atom is -0.486 e. The summed E-state index contributed by atoms with van der Waals surface area (Å²) in [5.74, 6) is 1.33. The van der Waals surface area contributed by atoms with E-state index in [0.29, 0.717) is 30.4 Å². The molecule has 1 amide bonds. The summed E-state index contributed by atoms with van der Waals surface area (Å²) in [5.41, 5.74) is 0.625. The first-order valence-corrected chi connectivity index (χ1v) is 5.52. The third kappa shape index (κ3) is 3.03. The Morgan fingerprint density at radius 3 is 2.71 bits per heavy atom. The zero-order valence-corrected chi connectivity index (χ0v) is 9.86. The van der Waals surface area contributed by atoms with E-state index in [9.17, 15) is 4.79 Å². The van der Waals surface area contributed by atoms with E-state index < -0.39 is 6.09 Å². The van der Waals surface area contributed by atoms with Gasteiger partial charge in [-0.3, -0.25) is 5.32 Å². The predicted octanol–water partition coefficient (Wildman–Crippen LogP) is 2.41. The fourth-order valence-electron chi connectivity index (χ4n) is 1.48. The lowest BCUT2D eigenvalue weighted by atomic mass is 10.2. The summed E-state index contributed by atoms with van der Waals surface area (Å²) in [6, 6.07) is 5.23. The van der Waals surface area contributed by atoms with Gasteiger partial charge in [0.05, 0.1) is 6.10 Å². The van der Waals surface area contributed by atoms with Crippen molar-refractivity contribution in [3.05, 3.63) is 18.2 Å². The number of rotatable bonds is 2. The first-order chi connectivity index (χ1) is 8.15. The topological polar surface area (TPSA) is 56.8 Å². The molecule has 0 bridgehead atoms. The highest BCUT2D eigenvalue weighted by Gasteiger charge is 2.13. The van der Waals surface area contributed by atoms with Gasteiger partial charge < -0.3 is 14.2 Å². The molecule has 1 aromatic rings. The lowest BCUT2D eigenvalue weighted by molar-refractivity contribution is 0.130. The van der Waals surface area contributed by atoms with Crippen molar-refractivity contribution in [2.24, 2.45) is 0 Å². The van der Waals surface area contributed by atoms with Crippen molar-refractivity contribution in [3.63, 3.8) is 0 Å². The van der Waals surface area contributed by atoms with Gasteiger partial charge in [-0.15, -0.1) is 0 Å². The number of nitrogens with one attached hydrogen (secondary N) is 1. The highest BCUT2D eigenvalue weighted by Crippen LogP contribution is 2.32. The number of carbonyl (C=O) groups excluding carboxylic acids is 1. The summed E-state index contributed by atoms with van der Waals surface area (Å²) in [6.45, 7) is 4.66. The molecule has 0 aliphatic carbocycles. The zero-order chi connectivity index (χ0) is 12.3. The van der Waals surface area contributed by atoms with Crippen LogP contribution in [0.4, 0.5) is 10.5 Å². The van der Waals surface area contributed by atoms with Crippen molar-refractivity contribution in [3.8, 4) is 11.5 Å². The number of benzene rings is 1. The van der Waals surface area contributed by atoms with E-state index >= 15 is 0 Å². The second-order valence-corrected chi connectivity index (χ2v) is 3.94. The molecule has 0 unspecified atom stereocenters. The fourth-order valence-corrected chi connectivity index (χ4v) is 1.48. The smallest absolute Gasteiger partial charge is 0.411 e. The molecule has 1 aromatic carbocycles. The van der Waals surface area contributed by atoms with Crippen LogP contribution in [-0.2, 0) is 4.74 Å². The monoisotopic (exact) mass is 237 g/mol. The highest BCUT2D eigenvalue weighted by atomic mass is 16.6. The molecule has 1 heterocycles. The third-order valence-electron chi connectivity index (χ3n) is 2.13. The van der Waals surface area contributed by atoms with Crippen LogP contribution in [-0.4, -0.2) is 25.4 Å². The van der Waals surface area contributed by atoms with E-state index in [-0.39, 0.29) is 6.10 Å². The summed E-state index contributed by atoms with van der Waals surface area (Å²) in [6.07, 6.45) is -0.621. The van der Waals surface area contributed by atoms with Crippen molar-refractivity contribution in [2.75, 3.05) is 18.5 Å². The molecule has 1 aliphatic heterocycles. The fraction of sp³-hybridized carbons (Fsp3) is 0.417. The summed E-state index contributed by atoms with van der Waals surface area (Å²) in [4.78, 5) is 11.4. The molecule has 0 radical (unpaired) electrons. The van der Waals surface area contributed by atoms with Crippen LogP contribution in [0, 0.1) is 0 Å². The first-order valence-electron chi connectivity index (χ1n) is 5.52. The van der Waals surface area contributed by atoms with E-state index in [1.165, 1.54) is 0 Å². The molecule has 1 N–H and O–H groups in total. The Balaban J connectivity index is 2.04. The zero-order valence-electron chi connectivity index (χ0n) is 9.86. The Morgan fingerprint density at radius 1 is 1.29 bits per heavy atom. The minimum absolute atomic E-state index is 0.146. The first kappa shape index (κ1) is 11.6. The summed E-state index contributed by atoms with van der Waals surface area (Å²) < 4.78 is 15.8. The van der Waals surface area contributed by atoms with Crippen molar-refractivity contribution in [1.82, 2.24) is 0 Å². The van der Waals surface area contributed by atoms with E-state index in [2.05, 4.69) is 5.32 Å². The van der Waals surface area contributed by atoms with Gasteiger partial charge >= 0.3 is 6.09 Å². The van der Waals surface area contributed by atoms with Gasteiger partial charge in [0.1, 0.15) is 13.2 Å². The molecule has 0 aromatic heterocycles. The molecule has 0 atom stereocenters. The van der Waals surface area contributed by atoms with Crippen LogP contribution in [0.5, 0.6) is 11.5 Å². The lowest BCUT2D eigenvalue weighted by Crippen LogP contribution is -2.19. The van der Waals surface area contributed by atoms with Crippen LogP contribution < -0.4 is 14.8 Å². The van der Waals surface area contributed by atoms with Crippen LogP contribution in [0.15, 0.2) is 18.2 Å². The van der Waals surface area contributed by atoms with Gasteiger partial charge in [0.25, 0.3) is 0 Å². The maximum Gasteiger partial charge on any atom is 0.411 e. The van der Waals surface area contributed by atoms with Gasteiger partial charge in [-0.1, -0.05) is 0 Å². The molecule has 2 rings (SSSR count). The molecule has 17 heavy (non-hydrogen) atoms. The molecule has 5 nitrogen and oxygen atoms in total. The lowest BCUT2D eigenvalue weighted by Gasteiger charge is -2.19. The van der Waals surface area contributed by atoms with E-state index in [1.54, 1.807) is 32.0 Å². The van der Waals surface area contributed by atoms with E-state index in [4.69, 9.17) is 14.2 Å². The molecule has 5 heteroatoms. The summed E-state index contributed by atoms with van der Waals surface area (Å²) in [7, 11) is 0. The van der Waals surface area contributed by atoms with Gasteiger partial charge in [0.2, 0.25) is 0 Å². The van der Waals surface area contributed by atoms with Gasteiger partial charge in [-0.05, 0) is 26.0 Å². The number of hydrogen-bond donors (Lipinski definition) is 1. The van der Waals surface area contributed by atoms with Gasteiger partial charge in [-0.25, -0.2) is 4.79 Å². The third-order valence-corrected chi connectivity index (χ3v) is 2.13. The Kier molecular flexibility index (Phi) is 3.37. The second kappa shape index (κ2) is 4.95. The van der Waals surface area contributed by atoms with Crippen LogP contribution in [0.25, 0.3) is 0 Å². The number of anilines is 1. The SMILES string of the molecule is CC(C)OC(=O)Nc1ccc2c(c1)OCCO2. The molecule has 0 fully saturated rings. The van der Waals surface area contributed by atoms with Crippen molar-refractivity contribution in [2.45, 2.75) is 20.0 Å². The Morgan fingerprint density at radius 2 is 2.00 bits per heavy atom. The summed E-state index contributed by atoms with van der Waals surface area (Å²) in [5, 5.41) is 2.63. The van der Waals surface area contributed by atoms with Crippen LogP contribution >= 0.6 is 0 Å². The molecule has 0 saturated carbocycles. The van der Waals surface area contributed by atoms with Crippen LogP contribution in [0.2, 0.25) is 0 Å². The number of ether oxygens (including phenoxy) is 3. The average Bonchev–Trinajstić information content (AvgIpc) is 2.27. The van der Waals surface area contributed by atoms with E-state index in [1.807, 2.05) is 0 Å². The Labute approximate surface area is 99.7 Å². The molecule has 0 spiro atoms. The standard InChI is InChI=1S/C12H15NO4/c1-8(2)17-12(14)13-9-3-4-10-11(7-9)16-6-5-15-10/h3-4,7-8H,5-6H2,1-2H3,(H,13,14). The minimum atomic E-state index is -0.475. The Hall–Kier alpha value is -1.91. The van der Waals surface area contributed by atoms with Crippen LogP contribution in [0.3, 0.4) is 0 Å². The maximum absolute atomic E-state index is 11.4. The van der Waals surface area contributed by atoms with Gasteiger partial charge in [0.15, 0.2) is 11.5 Å². The summed E-state index contributed by atoms with van der Waals surface area (Å²) >= 11 is 0. The number of amides is 1. The van der Waals surface area contributed by atoms with E-state index in [0.717, 1.165) is 0 Å². The highest BCUT2D eigenvalue weighted by molar-refractivity contribution is 5.85. The number of fused-ring (bicyclic) bond motifs is 1. The second-order valence-electron chi connectivity index (χ2n) is 3.94. The molecular weight excluding hydrogens is 222 g/mol. The molecular formula is C12H15NO4. The number of carbonyl (C=O) groups is 1. The quantitative estimate of drug-likeness (QED) is 0.858. The molecule has 0 saturated heterocycles. The molecule has 92 valence electrons. The van der Waals surface area contributed by atoms with Crippen LogP contribution in [0.1, 0.15) is 13.8 Å². The number of hydrogen-bond acceptors (Lipinski definition) is 4.